The molecule has 1 saturated heterocycles. The van der Waals surface area contributed by atoms with Crippen LogP contribution in [-0.2, 0) is 9.53 Å². The van der Waals surface area contributed by atoms with E-state index in [9.17, 15) is 19.5 Å². The fourth-order valence-corrected chi connectivity index (χ4v) is 4.86. The minimum absolute atomic E-state index is 0.0830. The number of benzene rings is 1. The van der Waals surface area contributed by atoms with Crippen molar-refractivity contribution in [2.24, 2.45) is 0 Å². The minimum atomic E-state index is -0.712. The average molecular weight is 441 g/mol. The van der Waals surface area contributed by atoms with Gasteiger partial charge in [-0.15, -0.1) is 11.3 Å². The Balaban J connectivity index is 1.68. The van der Waals surface area contributed by atoms with Crippen molar-refractivity contribution in [3.8, 4) is 0 Å². The van der Waals surface area contributed by atoms with Gasteiger partial charge in [-0.3, -0.25) is 9.59 Å². The van der Waals surface area contributed by atoms with Crippen LogP contribution in [0.4, 0.5) is 0 Å². The highest BCUT2D eigenvalue weighted by Gasteiger charge is 2.44. The number of aliphatic hydroxyl groups excluding tert-OH is 1. The summed E-state index contributed by atoms with van der Waals surface area (Å²) in [5, 5.41) is 12.5. The first-order valence-corrected chi connectivity index (χ1v) is 11.1. The monoisotopic (exact) mass is 440 g/mol. The van der Waals surface area contributed by atoms with Crippen molar-refractivity contribution in [1.82, 2.24) is 9.80 Å². The second kappa shape index (κ2) is 9.03. The largest absolute Gasteiger partial charge is 0.503 e. The van der Waals surface area contributed by atoms with Gasteiger partial charge in [0.25, 0.3) is 5.91 Å². The number of nitrogens with zero attached hydrogens (tertiary/aromatic N) is 2. The van der Waals surface area contributed by atoms with Gasteiger partial charge in [0.05, 0.1) is 29.2 Å². The Hall–Kier alpha value is -2.97. The molecule has 162 valence electrons. The molecule has 0 bridgehead atoms. The molecule has 0 saturated carbocycles. The van der Waals surface area contributed by atoms with Gasteiger partial charge in [0, 0.05) is 13.1 Å². The molecule has 1 fully saturated rings. The summed E-state index contributed by atoms with van der Waals surface area (Å²) >= 11 is 1.27. The maximum atomic E-state index is 13.2. The van der Waals surface area contributed by atoms with E-state index in [4.69, 9.17) is 4.74 Å². The van der Waals surface area contributed by atoms with Gasteiger partial charge in [0.1, 0.15) is 0 Å². The third-order valence-electron chi connectivity index (χ3n) is 5.80. The van der Waals surface area contributed by atoms with E-state index in [-0.39, 0.29) is 11.4 Å². The number of hydrogen-bond donors (Lipinski definition) is 1. The summed E-state index contributed by atoms with van der Waals surface area (Å²) in [6.07, 6.45) is 2.27. The van der Waals surface area contributed by atoms with Gasteiger partial charge >= 0.3 is 5.97 Å². The second-order valence-corrected chi connectivity index (χ2v) is 8.58. The number of thiophene rings is 1. The molecule has 4 rings (SSSR count). The molecule has 0 spiro atoms. The highest BCUT2D eigenvalue weighted by molar-refractivity contribution is 7.12. The maximum absolute atomic E-state index is 13.2. The van der Waals surface area contributed by atoms with E-state index in [0.717, 1.165) is 25.9 Å². The van der Waals surface area contributed by atoms with Crippen molar-refractivity contribution >= 4 is 29.0 Å². The molecule has 1 unspecified atom stereocenters. The van der Waals surface area contributed by atoms with Crippen LogP contribution in [0.15, 0.2) is 53.1 Å². The molecule has 1 aromatic carbocycles. The normalized spacial score (nSPS) is 19.3. The number of methoxy groups -OCH3 is 1. The predicted octanol–water partition coefficient (Wildman–Crippen LogP) is 3.21. The molecule has 2 aliphatic rings. The molecule has 8 heteroatoms. The van der Waals surface area contributed by atoms with Gasteiger partial charge in [0.2, 0.25) is 5.78 Å². The standard InChI is InChI=1S/C23H24N2O5S/c1-30-23(29)16-8-6-15(7-9-16)19-18(20(26)17-5-4-14-31-17)21(27)22(28)25(19)13-12-24-10-2-3-11-24/h4-9,14,19,27H,2-3,10-13H2,1H3. The minimum Gasteiger partial charge on any atom is -0.503 e. The number of amides is 1. The summed E-state index contributed by atoms with van der Waals surface area (Å²) < 4.78 is 4.75. The number of esters is 1. The Labute approximate surface area is 184 Å². The third-order valence-corrected chi connectivity index (χ3v) is 6.67. The first-order valence-electron chi connectivity index (χ1n) is 10.2. The summed E-state index contributed by atoms with van der Waals surface area (Å²) in [5.41, 5.74) is 1.12. The highest BCUT2D eigenvalue weighted by atomic mass is 32.1. The van der Waals surface area contributed by atoms with Crippen molar-refractivity contribution in [3.05, 3.63) is 69.1 Å². The fourth-order valence-electron chi connectivity index (χ4n) is 4.18. The van der Waals surface area contributed by atoms with E-state index in [1.807, 2.05) is 0 Å². The van der Waals surface area contributed by atoms with Crippen molar-refractivity contribution in [3.63, 3.8) is 0 Å². The molecular formula is C23H24N2O5S. The van der Waals surface area contributed by atoms with Crippen LogP contribution in [0.2, 0.25) is 0 Å². The lowest BCUT2D eigenvalue weighted by molar-refractivity contribution is -0.129. The molecule has 2 aromatic rings. The van der Waals surface area contributed by atoms with E-state index in [2.05, 4.69) is 4.90 Å². The molecule has 3 heterocycles. The summed E-state index contributed by atoms with van der Waals surface area (Å²) in [4.78, 5) is 42.3. The molecule has 1 aromatic heterocycles. The number of aliphatic hydroxyl groups is 1. The summed E-state index contributed by atoms with van der Waals surface area (Å²) in [6, 6.07) is 9.34. The van der Waals surface area contributed by atoms with Crippen LogP contribution in [0, 0.1) is 0 Å². The zero-order chi connectivity index (χ0) is 22.0. The molecule has 0 radical (unpaired) electrons. The topological polar surface area (TPSA) is 87.2 Å². The van der Waals surface area contributed by atoms with Crippen LogP contribution >= 0.6 is 11.3 Å². The fraction of sp³-hybridized carbons (Fsp3) is 0.348. The van der Waals surface area contributed by atoms with Gasteiger partial charge in [-0.05, 0) is 55.1 Å². The van der Waals surface area contributed by atoms with Crippen LogP contribution in [0.1, 0.15) is 44.5 Å². The van der Waals surface area contributed by atoms with E-state index in [1.54, 1.807) is 46.7 Å². The molecule has 2 aliphatic heterocycles. The van der Waals surface area contributed by atoms with Gasteiger partial charge in [-0.2, -0.15) is 0 Å². The SMILES string of the molecule is COC(=O)c1ccc(C2C(C(=O)c3cccs3)=C(O)C(=O)N2CCN2CCCC2)cc1. The highest BCUT2D eigenvalue weighted by Crippen LogP contribution is 2.39. The first kappa shape index (κ1) is 21.3. The summed E-state index contributed by atoms with van der Waals surface area (Å²) in [7, 11) is 1.31. The van der Waals surface area contributed by atoms with Gasteiger partial charge in [-0.25, -0.2) is 4.79 Å². The van der Waals surface area contributed by atoms with E-state index in [0.29, 0.717) is 29.1 Å². The van der Waals surface area contributed by atoms with Crippen molar-refractivity contribution in [2.45, 2.75) is 18.9 Å². The van der Waals surface area contributed by atoms with Crippen molar-refractivity contribution < 1.29 is 24.2 Å². The first-order chi connectivity index (χ1) is 15.0. The van der Waals surface area contributed by atoms with E-state index < -0.39 is 23.7 Å². The Morgan fingerprint density at radius 2 is 1.84 bits per heavy atom. The van der Waals surface area contributed by atoms with Gasteiger partial charge in [0.15, 0.2) is 5.76 Å². The molecule has 1 N–H and O–H groups in total. The average Bonchev–Trinajstić information content (AvgIpc) is 3.55. The second-order valence-electron chi connectivity index (χ2n) is 7.63. The molecule has 0 aliphatic carbocycles. The zero-order valence-electron chi connectivity index (χ0n) is 17.2. The van der Waals surface area contributed by atoms with Crippen molar-refractivity contribution in [2.75, 3.05) is 33.3 Å². The summed E-state index contributed by atoms with van der Waals surface area (Å²) in [5.74, 6) is -1.86. The van der Waals surface area contributed by atoms with Crippen LogP contribution in [0.25, 0.3) is 0 Å². The van der Waals surface area contributed by atoms with E-state index in [1.165, 1.54) is 18.4 Å². The summed E-state index contributed by atoms with van der Waals surface area (Å²) in [6.45, 7) is 3.05. The van der Waals surface area contributed by atoms with Gasteiger partial charge in [-0.1, -0.05) is 18.2 Å². The Morgan fingerprint density at radius 1 is 1.13 bits per heavy atom. The third kappa shape index (κ3) is 4.13. The van der Waals surface area contributed by atoms with Gasteiger partial charge < -0.3 is 19.6 Å². The lowest BCUT2D eigenvalue weighted by Crippen LogP contribution is -2.37. The van der Waals surface area contributed by atoms with E-state index >= 15 is 0 Å². The Morgan fingerprint density at radius 3 is 2.45 bits per heavy atom. The van der Waals surface area contributed by atoms with Crippen LogP contribution < -0.4 is 0 Å². The molecule has 1 amide bonds. The maximum Gasteiger partial charge on any atom is 0.337 e. The number of Topliss-reactive ketones (excluding diaryl/α,β-unsaturated/α-hetero) is 1. The Kier molecular flexibility index (Phi) is 6.20. The van der Waals surface area contributed by atoms with Crippen LogP contribution in [0.5, 0.6) is 0 Å². The van der Waals surface area contributed by atoms with Crippen LogP contribution in [-0.4, -0.2) is 65.9 Å². The number of rotatable bonds is 7. The molecular weight excluding hydrogens is 416 g/mol. The van der Waals surface area contributed by atoms with Crippen molar-refractivity contribution in [1.29, 1.82) is 0 Å². The zero-order valence-corrected chi connectivity index (χ0v) is 18.1. The molecule has 7 nitrogen and oxygen atoms in total. The predicted molar refractivity (Wildman–Crippen MR) is 116 cm³/mol. The Bertz CT molecular complexity index is 1010. The smallest absolute Gasteiger partial charge is 0.337 e. The van der Waals surface area contributed by atoms with Crippen LogP contribution in [0.3, 0.4) is 0 Å². The lowest BCUT2D eigenvalue weighted by Gasteiger charge is -2.28. The molecule has 1 atom stereocenters. The number of likely N-dealkylation sites (tertiary alicyclic amines) is 1. The number of ether oxygens (including phenoxy) is 1. The number of ketones is 1. The number of carbonyl (C=O) groups is 3. The number of hydrogen-bond acceptors (Lipinski definition) is 7. The molecule has 31 heavy (non-hydrogen) atoms. The lowest BCUT2D eigenvalue weighted by atomic mass is 9.94. The quantitative estimate of drug-likeness (QED) is 0.526. The number of carbonyl (C=O) groups excluding carboxylic acids is 3.